The van der Waals surface area contributed by atoms with Gasteiger partial charge in [0.1, 0.15) is 0 Å². The van der Waals surface area contributed by atoms with Crippen molar-refractivity contribution in [1.82, 2.24) is 5.32 Å². The van der Waals surface area contributed by atoms with Crippen LogP contribution in [0.1, 0.15) is 53.5 Å². The zero-order chi connectivity index (χ0) is 23.6. The summed E-state index contributed by atoms with van der Waals surface area (Å²) in [7, 11) is 2.05. The van der Waals surface area contributed by atoms with Crippen LogP contribution in [-0.2, 0) is 19.3 Å². The highest BCUT2D eigenvalue weighted by Gasteiger charge is 2.27. The fraction of sp³-hybridized carbons (Fsp3) is 0.273. The Morgan fingerprint density at radius 1 is 0.824 bits per heavy atom. The predicted octanol–water partition coefficient (Wildman–Crippen LogP) is 7.80. The van der Waals surface area contributed by atoms with Gasteiger partial charge in [-0.15, -0.1) is 0 Å². The molecule has 0 saturated heterocycles. The molecule has 0 unspecified atom stereocenters. The molecule has 0 aliphatic heterocycles. The van der Waals surface area contributed by atoms with Gasteiger partial charge in [0.25, 0.3) is 0 Å². The molecule has 4 aliphatic carbocycles. The number of fused-ring (bicyclic) bond motifs is 3. The van der Waals surface area contributed by atoms with E-state index in [-0.39, 0.29) is 0 Å². The Balaban J connectivity index is 0.000000225. The third-order valence-electron chi connectivity index (χ3n) is 6.75. The van der Waals surface area contributed by atoms with Crippen molar-refractivity contribution in [2.75, 3.05) is 13.6 Å². The Morgan fingerprint density at radius 3 is 2.03 bits per heavy atom. The number of likely N-dealkylation sites (N-methyl/N-ethyl adjacent to an activating group) is 1. The van der Waals surface area contributed by atoms with Crippen molar-refractivity contribution in [3.63, 3.8) is 0 Å². The molecule has 1 heteroatoms. The summed E-state index contributed by atoms with van der Waals surface area (Å²) in [4.78, 5) is 0. The average molecular weight is 448 g/mol. The predicted molar refractivity (Wildman–Crippen MR) is 149 cm³/mol. The number of hydrogen-bond donors (Lipinski definition) is 1. The first-order chi connectivity index (χ1) is 16.8. The fourth-order valence-corrected chi connectivity index (χ4v) is 5.08. The summed E-state index contributed by atoms with van der Waals surface area (Å²) in [5, 5.41) is 3.33. The van der Waals surface area contributed by atoms with Crippen molar-refractivity contribution in [2.24, 2.45) is 0 Å². The number of rotatable bonds is 5. The molecular formula is C33H37N. The fourth-order valence-electron chi connectivity index (χ4n) is 5.08. The van der Waals surface area contributed by atoms with Crippen molar-refractivity contribution < 1.29 is 0 Å². The molecule has 0 amide bonds. The largest absolute Gasteiger partial charge is 0.319 e. The zero-order valence-corrected chi connectivity index (χ0v) is 20.6. The molecule has 0 bridgehead atoms. The average Bonchev–Trinajstić information content (AvgIpc) is 3.70. The molecule has 174 valence electrons. The van der Waals surface area contributed by atoms with Gasteiger partial charge < -0.3 is 5.32 Å². The molecule has 0 atom stereocenters. The molecule has 0 saturated carbocycles. The molecule has 0 fully saturated rings. The Morgan fingerprint density at radius 2 is 1.47 bits per heavy atom. The molecule has 0 radical (unpaired) electrons. The zero-order valence-electron chi connectivity index (χ0n) is 20.6. The van der Waals surface area contributed by atoms with E-state index < -0.39 is 0 Å². The maximum absolute atomic E-state index is 3.33. The minimum atomic E-state index is 0.436. The topological polar surface area (TPSA) is 12.0 Å². The first-order valence-electron chi connectivity index (χ1n) is 12.7. The quantitative estimate of drug-likeness (QED) is 0.421. The van der Waals surface area contributed by atoms with Crippen LogP contribution in [-0.4, -0.2) is 13.6 Å². The standard InChI is InChI=1S/C23H25N.2C5H6/c1-3-16-14-21-19-11-7-6-10-18(19)15-22(21)23(17-8-4-5-9-17)20(16)12-13-24-2;2*1-2-4-5-3-1/h4-11,14,17,24H,3,12-13,15H2,1-2H3;2*1-4H,5H2. The summed E-state index contributed by atoms with van der Waals surface area (Å²) in [6, 6.07) is 11.4. The monoisotopic (exact) mass is 447 g/mol. The van der Waals surface area contributed by atoms with E-state index in [0.29, 0.717) is 5.92 Å². The molecule has 4 aliphatic rings. The van der Waals surface area contributed by atoms with Crippen LogP contribution in [0.4, 0.5) is 0 Å². The molecule has 6 rings (SSSR count). The first kappa shape index (κ1) is 24.0. The van der Waals surface area contributed by atoms with E-state index >= 15 is 0 Å². The second kappa shape index (κ2) is 12.3. The van der Waals surface area contributed by atoms with E-state index in [1.54, 1.807) is 16.7 Å². The number of aryl methyl sites for hydroxylation is 1. The van der Waals surface area contributed by atoms with Gasteiger partial charge in [-0.3, -0.25) is 0 Å². The van der Waals surface area contributed by atoms with Crippen molar-refractivity contribution in [3.05, 3.63) is 131 Å². The van der Waals surface area contributed by atoms with Gasteiger partial charge >= 0.3 is 0 Å². The van der Waals surface area contributed by atoms with Crippen molar-refractivity contribution in [2.45, 2.75) is 44.9 Å². The molecule has 2 aromatic carbocycles. The summed E-state index contributed by atoms with van der Waals surface area (Å²) < 4.78 is 0. The number of benzene rings is 2. The molecule has 0 aromatic heterocycles. The summed E-state index contributed by atoms with van der Waals surface area (Å²) >= 11 is 0. The SMILES string of the molecule is C1=CCC=C1.C1=CCC=C1.CCc1cc2c(c(C3C=CC=C3)c1CCNC)Cc1ccccc1-2. The maximum Gasteiger partial charge on any atom is 0.0210 e. The summed E-state index contributed by atoms with van der Waals surface area (Å²) in [5.74, 6) is 0.436. The Hall–Kier alpha value is -3.16. The Labute approximate surface area is 206 Å². The first-order valence-corrected chi connectivity index (χ1v) is 12.7. The van der Waals surface area contributed by atoms with Crippen LogP contribution in [0.2, 0.25) is 0 Å². The Kier molecular flexibility index (Phi) is 8.71. The van der Waals surface area contributed by atoms with Gasteiger partial charge in [0, 0.05) is 5.92 Å². The van der Waals surface area contributed by atoms with E-state index in [0.717, 1.165) is 38.6 Å². The van der Waals surface area contributed by atoms with Gasteiger partial charge in [-0.05, 0) is 84.6 Å². The second-order valence-electron chi connectivity index (χ2n) is 8.97. The van der Waals surface area contributed by atoms with Crippen LogP contribution in [0.3, 0.4) is 0 Å². The highest BCUT2D eigenvalue weighted by atomic mass is 14.8. The van der Waals surface area contributed by atoms with E-state index in [4.69, 9.17) is 0 Å². The van der Waals surface area contributed by atoms with Crippen molar-refractivity contribution in [1.29, 1.82) is 0 Å². The highest BCUT2D eigenvalue weighted by Crippen LogP contribution is 2.44. The highest BCUT2D eigenvalue weighted by molar-refractivity contribution is 5.80. The number of nitrogens with one attached hydrogen (secondary N) is 1. The van der Waals surface area contributed by atoms with Gasteiger partial charge in [0.2, 0.25) is 0 Å². The second-order valence-corrected chi connectivity index (χ2v) is 8.97. The van der Waals surface area contributed by atoms with Crippen LogP contribution >= 0.6 is 0 Å². The third kappa shape index (κ3) is 5.66. The minimum absolute atomic E-state index is 0.436. The Bertz CT molecular complexity index is 1100. The van der Waals surface area contributed by atoms with Crippen molar-refractivity contribution >= 4 is 0 Å². The number of allylic oxidation sites excluding steroid dienone is 12. The summed E-state index contributed by atoms with van der Waals surface area (Å²) in [5.41, 5.74) is 10.6. The van der Waals surface area contributed by atoms with E-state index in [1.165, 1.54) is 22.3 Å². The van der Waals surface area contributed by atoms with Crippen LogP contribution in [0.5, 0.6) is 0 Å². The van der Waals surface area contributed by atoms with Gasteiger partial charge in [0.15, 0.2) is 0 Å². The molecule has 1 nitrogen and oxygen atoms in total. The summed E-state index contributed by atoms with van der Waals surface area (Å²) in [6.07, 6.45) is 31.4. The van der Waals surface area contributed by atoms with Gasteiger partial charge in [-0.25, -0.2) is 0 Å². The lowest BCUT2D eigenvalue weighted by molar-refractivity contribution is 0.774. The maximum atomic E-state index is 3.33. The van der Waals surface area contributed by atoms with Crippen LogP contribution in [0.15, 0.2) is 103 Å². The lowest BCUT2D eigenvalue weighted by Crippen LogP contribution is -2.15. The normalized spacial score (nSPS) is 15.8. The van der Waals surface area contributed by atoms with Gasteiger partial charge in [0.05, 0.1) is 0 Å². The molecule has 0 heterocycles. The van der Waals surface area contributed by atoms with Crippen LogP contribution in [0.25, 0.3) is 11.1 Å². The lowest BCUT2D eigenvalue weighted by atomic mass is 9.83. The van der Waals surface area contributed by atoms with E-state index in [1.807, 2.05) is 7.05 Å². The number of hydrogen-bond acceptors (Lipinski definition) is 1. The smallest absolute Gasteiger partial charge is 0.0210 e. The minimum Gasteiger partial charge on any atom is -0.319 e. The van der Waals surface area contributed by atoms with Crippen LogP contribution < -0.4 is 5.32 Å². The van der Waals surface area contributed by atoms with Gasteiger partial charge in [-0.2, -0.15) is 0 Å². The summed E-state index contributed by atoms with van der Waals surface area (Å²) in [6.45, 7) is 3.32. The molecule has 0 spiro atoms. The third-order valence-corrected chi connectivity index (χ3v) is 6.75. The van der Waals surface area contributed by atoms with Crippen molar-refractivity contribution in [3.8, 4) is 11.1 Å². The lowest BCUT2D eigenvalue weighted by Gasteiger charge is -2.22. The molecule has 1 N–H and O–H groups in total. The van der Waals surface area contributed by atoms with Crippen LogP contribution in [0, 0.1) is 0 Å². The molecule has 34 heavy (non-hydrogen) atoms. The molecular weight excluding hydrogens is 410 g/mol. The van der Waals surface area contributed by atoms with E-state index in [9.17, 15) is 0 Å². The molecule has 2 aromatic rings. The van der Waals surface area contributed by atoms with E-state index in [2.05, 4.69) is 115 Å². The van der Waals surface area contributed by atoms with Gasteiger partial charge in [-0.1, -0.05) is 110 Å².